The highest BCUT2D eigenvalue weighted by atomic mass is 35.5. The van der Waals surface area contributed by atoms with Gasteiger partial charge in [-0.25, -0.2) is 4.98 Å². The molecule has 0 radical (unpaired) electrons. The number of hydrogen-bond acceptors (Lipinski definition) is 6. The maximum absolute atomic E-state index is 14.5. The quantitative estimate of drug-likeness (QED) is 0.303. The number of imidazole rings is 1. The molecule has 8 nitrogen and oxygen atoms in total. The molecule has 0 N–H and O–H groups in total. The average molecular weight is 618 g/mol. The molecule has 3 heterocycles. The molecule has 1 saturated carbocycles. The Morgan fingerprint density at radius 2 is 1.73 bits per heavy atom. The summed E-state index contributed by atoms with van der Waals surface area (Å²) in [7, 11) is -0.620. The number of carbonyl (C=O) groups excluding carboxylic acids is 3. The van der Waals surface area contributed by atoms with Gasteiger partial charge in [-0.1, -0.05) is 43.6 Å². The van der Waals surface area contributed by atoms with Crippen LogP contribution < -0.4 is 5.46 Å². The lowest BCUT2D eigenvalue weighted by atomic mass is 9.79. The smallest absolute Gasteiger partial charge is 0.399 e. The average Bonchev–Trinajstić information content (AvgIpc) is 3.70. The van der Waals surface area contributed by atoms with E-state index < -0.39 is 30.3 Å². The molecule has 2 bridgehead atoms. The lowest BCUT2D eigenvalue weighted by Gasteiger charge is -2.38. The molecule has 2 aliphatic heterocycles. The summed E-state index contributed by atoms with van der Waals surface area (Å²) in [5.74, 6) is -0.0892. The van der Waals surface area contributed by atoms with E-state index >= 15 is 0 Å². The van der Waals surface area contributed by atoms with Gasteiger partial charge in [0.15, 0.2) is 0 Å². The second kappa shape index (κ2) is 11.1. The molecule has 2 unspecified atom stereocenters. The van der Waals surface area contributed by atoms with Gasteiger partial charge in [0.05, 0.1) is 38.9 Å². The highest BCUT2D eigenvalue weighted by Crippen LogP contribution is 2.51. The first-order chi connectivity index (χ1) is 20.7. The van der Waals surface area contributed by atoms with Gasteiger partial charge in [-0.2, -0.15) is 0 Å². The number of likely N-dealkylation sites (tertiary alicyclic amines) is 1. The van der Waals surface area contributed by atoms with Gasteiger partial charge in [-0.3, -0.25) is 14.2 Å². The van der Waals surface area contributed by atoms with E-state index in [2.05, 4.69) is 0 Å². The van der Waals surface area contributed by atoms with Gasteiger partial charge >= 0.3 is 7.12 Å². The minimum atomic E-state index is -0.620. The molecule has 6 rings (SSSR count). The molecule has 3 aliphatic rings. The molecule has 1 aromatic heterocycles. The number of hydrogen-bond donors (Lipinski definition) is 0. The fraction of sp³-hybridized carbons (Fsp3) is 0.529. The van der Waals surface area contributed by atoms with Crippen LogP contribution in [0.2, 0.25) is 5.02 Å². The molecule has 44 heavy (non-hydrogen) atoms. The number of Topliss-reactive ketones (excluding diaryl/α,β-unsaturated/α-hetero) is 1. The van der Waals surface area contributed by atoms with E-state index in [0.717, 1.165) is 24.7 Å². The van der Waals surface area contributed by atoms with Crippen molar-refractivity contribution < 1.29 is 23.7 Å². The number of rotatable bonds is 7. The zero-order chi connectivity index (χ0) is 31.7. The van der Waals surface area contributed by atoms with Crippen LogP contribution in [0.4, 0.5) is 0 Å². The van der Waals surface area contributed by atoms with Crippen LogP contribution in [-0.2, 0) is 18.9 Å². The summed E-state index contributed by atoms with van der Waals surface area (Å²) in [5.41, 5.74) is 1.33. The van der Waals surface area contributed by atoms with Crippen molar-refractivity contribution in [3.05, 3.63) is 58.9 Å². The Bertz CT molecular complexity index is 1630. The summed E-state index contributed by atoms with van der Waals surface area (Å²) < 4.78 is 14.3. The number of benzene rings is 2. The Labute approximate surface area is 264 Å². The molecule has 2 aromatic carbocycles. The first-order valence-corrected chi connectivity index (χ1v) is 16.1. The minimum Gasteiger partial charge on any atom is -0.399 e. The van der Waals surface area contributed by atoms with Crippen LogP contribution in [0.15, 0.2) is 42.5 Å². The number of halogens is 1. The van der Waals surface area contributed by atoms with Gasteiger partial charge in [0.25, 0.3) is 5.91 Å². The van der Waals surface area contributed by atoms with Crippen molar-refractivity contribution in [1.29, 1.82) is 0 Å². The van der Waals surface area contributed by atoms with E-state index in [0.29, 0.717) is 27.4 Å². The zero-order valence-electron chi connectivity index (χ0n) is 26.6. The Balaban J connectivity index is 1.50. The number of piperidine rings is 1. The van der Waals surface area contributed by atoms with Crippen LogP contribution in [-0.4, -0.2) is 56.4 Å². The summed E-state index contributed by atoms with van der Waals surface area (Å²) >= 11 is 6.57. The topological polar surface area (TPSA) is 90.7 Å². The first kappa shape index (κ1) is 31.0. The predicted octanol–water partition coefficient (Wildman–Crippen LogP) is 5.98. The summed E-state index contributed by atoms with van der Waals surface area (Å²) in [5, 5.41) is 0.342. The number of ketones is 1. The number of carbonyl (C=O) groups is 3. The minimum absolute atomic E-state index is 0.00257. The lowest BCUT2D eigenvalue weighted by Crippen LogP contribution is -2.46. The van der Waals surface area contributed by atoms with Gasteiger partial charge in [0.1, 0.15) is 11.6 Å². The van der Waals surface area contributed by atoms with E-state index in [4.69, 9.17) is 25.9 Å². The van der Waals surface area contributed by atoms with E-state index in [1.165, 1.54) is 6.92 Å². The van der Waals surface area contributed by atoms with Crippen molar-refractivity contribution in [3.63, 3.8) is 0 Å². The molecule has 2 saturated heterocycles. The second-order valence-corrected chi connectivity index (χ2v) is 14.5. The Morgan fingerprint density at radius 1 is 1.05 bits per heavy atom. The highest BCUT2D eigenvalue weighted by Gasteiger charge is 2.53. The largest absolute Gasteiger partial charge is 0.494 e. The molecule has 0 spiro atoms. The fourth-order valence-electron chi connectivity index (χ4n) is 7.15. The van der Waals surface area contributed by atoms with Gasteiger partial charge in [0, 0.05) is 18.4 Å². The van der Waals surface area contributed by atoms with E-state index in [-0.39, 0.29) is 41.9 Å². The standard InChI is InChI=1S/C34H41BClN3O5/c1-19(2)25(16-20(3)40)32(42)38-23-14-12-21(17-23)29(38)30-37-27-15-13-22(35-43-33(4,5)34(6,7)44-35)18-28(27)39(30)31(41)24-10-8-9-11-26(24)36/h8-11,13,15,18-19,21,23,25,29H,12,14,16-17H2,1-7H3/t21-,23+,25?,29?/m0/s1. The second-order valence-electron chi connectivity index (χ2n) is 14.1. The SMILES string of the molecule is CC(=O)CC(C(=O)N1C(c2nc3ccc(B4OC(C)(C)C(C)(C)O4)cc3n2C(=O)c2ccccc2Cl)[C@H]2CC[C@@H]1C2)C(C)C. The van der Waals surface area contributed by atoms with E-state index in [9.17, 15) is 14.4 Å². The molecule has 232 valence electrons. The maximum atomic E-state index is 14.5. The van der Waals surface area contributed by atoms with Crippen molar-refractivity contribution in [3.8, 4) is 0 Å². The predicted molar refractivity (Wildman–Crippen MR) is 171 cm³/mol. The van der Waals surface area contributed by atoms with Crippen molar-refractivity contribution in [2.24, 2.45) is 17.8 Å². The molecule has 1 amide bonds. The van der Waals surface area contributed by atoms with Gasteiger partial charge < -0.3 is 19.0 Å². The molecular formula is C34H41BClN3O5. The Kier molecular flexibility index (Phi) is 7.83. The summed E-state index contributed by atoms with van der Waals surface area (Å²) in [4.78, 5) is 47.9. The third kappa shape index (κ3) is 5.11. The third-order valence-electron chi connectivity index (χ3n) is 10.3. The number of fused-ring (bicyclic) bond motifs is 3. The Morgan fingerprint density at radius 3 is 2.36 bits per heavy atom. The van der Waals surface area contributed by atoms with Gasteiger partial charge in [0.2, 0.25) is 5.91 Å². The van der Waals surface area contributed by atoms with Crippen LogP contribution in [0.3, 0.4) is 0 Å². The monoisotopic (exact) mass is 617 g/mol. The van der Waals surface area contributed by atoms with Gasteiger partial charge in [-0.15, -0.1) is 0 Å². The molecule has 3 aromatic rings. The molecule has 10 heteroatoms. The zero-order valence-corrected chi connectivity index (χ0v) is 27.4. The molecule has 3 fully saturated rings. The van der Waals surface area contributed by atoms with Crippen molar-refractivity contribution in [2.45, 2.75) is 97.4 Å². The molecule has 1 aliphatic carbocycles. The number of nitrogens with zero attached hydrogens (tertiary/aromatic N) is 3. The van der Waals surface area contributed by atoms with Crippen LogP contribution in [0, 0.1) is 17.8 Å². The fourth-order valence-corrected chi connectivity index (χ4v) is 7.37. The number of aromatic nitrogens is 2. The summed E-state index contributed by atoms with van der Waals surface area (Å²) in [6.45, 7) is 13.5. The van der Waals surface area contributed by atoms with Gasteiger partial charge in [-0.05, 0) is 95.4 Å². The maximum Gasteiger partial charge on any atom is 0.494 e. The van der Waals surface area contributed by atoms with Crippen molar-refractivity contribution in [2.75, 3.05) is 0 Å². The first-order valence-electron chi connectivity index (χ1n) is 15.7. The van der Waals surface area contributed by atoms with Crippen LogP contribution >= 0.6 is 11.6 Å². The molecular weight excluding hydrogens is 577 g/mol. The van der Waals surface area contributed by atoms with E-state index in [1.54, 1.807) is 28.8 Å². The number of amides is 1. The lowest BCUT2D eigenvalue weighted by molar-refractivity contribution is -0.144. The van der Waals surface area contributed by atoms with Crippen molar-refractivity contribution in [1.82, 2.24) is 14.5 Å². The van der Waals surface area contributed by atoms with Crippen molar-refractivity contribution >= 4 is 52.8 Å². The van der Waals surface area contributed by atoms with Crippen LogP contribution in [0.1, 0.15) is 96.4 Å². The van der Waals surface area contributed by atoms with Crippen LogP contribution in [0.25, 0.3) is 11.0 Å². The Hall–Kier alpha value is -3.01. The summed E-state index contributed by atoms with van der Waals surface area (Å²) in [6.07, 6.45) is 2.90. The van der Waals surface area contributed by atoms with Crippen LogP contribution in [0.5, 0.6) is 0 Å². The molecule has 4 atom stereocenters. The highest BCUT2D eigenvalue weighted by molar-refractivity contribution is 6.62. The van der Waals surface area contributed by atoms with E-state index in [1.807, 2.05) is 64.6 Å². The third-order valence-corrected chi connectivity index (χ3v) is 10.6. The normalized spacial score (nSPS) is 24.4. The summed E-state index contributed by atoms with van der Waals surface area (Å²) in [6, 6.07) is 12.4.